The first-order chi connectivity index (χ1) is 11.5. The number of hydrogen-bond donors (Lipinski definition) is 2. The molecule has 136 valence electrons. The highest BCUT2D eigenvalue weighted by molar-refractivity contribution is 7.89. The van der Waals surface area contributed by atoms with E-state index in [2.05, 4.69) is 0 Å². The van der Waals surface area contributed by atoms with Crippen LogP contribution in [0, 0.1) is 6.92 Å². The van der Waals surface area contributed by atoms with Crippen molar-refractivity contribution in [1.82, 2.24) is 4.72 Å². The highest BCUT2D eigenvalue weighted by atomic mass is 35.5. The van der Waals surface area contributed by atoms with Crippen LogP contribution in [0.5, 0.6) is 0 Å². The Morgan fingerprint density at radius 3 is 2.28 bits per heavy atom. The summed E-state index contributed by atoms with van der Waals surface area (Å²) in [7, 11) is -4.31. The molecule has 2 aromatic rings. The van der Waals surface area contributed by atoms with Crippen LogP contribution in [0.1, 0.15) is 11.1 Å². The zero-order valence-corrected chi connectivity index (χ0v) is 14.6. The maximum Gasteiger partial charge on any atom is 0.422 e. The van der Waals surface area contributed by atoms with Crippen molar-refractivity contribution in [2.75, 3.05) is 6.54 Å². The van der Waals surface area contributed by atoms with Gasteiger partial charge in [-0.1, -0.05) is 48.0 Å². The highest BCUT2D eigenvalue weighted by Crippen LogP contribution is 2.38. The van der Waals surface area contributed by atoms with Crippen molar-refractivity contribution in [1.29, 1.82) is 0 Å². The maximum atomic E-state index is 13.4. The van der Waals surface area contributed by atoms with Crippen LogP contribution in [0.2, 0.25) is 5.02 Å². The molecule has 0 radical (unpaired) electrons. The number of alkyl halides is 3. The normalized spacial score (nSPS) is 15.0. The van der Waals surface area contributed by atoms with Gasteiger partial charge in [-0.25, -0.2) is 13.1 Å². The minimum Gasteiger partial charge on any atom is -0.375 e. The van der Waals surface area contributed by atoms with Crippen LogP contribution in [0.25, 0.3) is 0 Å². The van der Waals surface area contributed by atoms with Crippen LogP contribution < -0.4 is 4.72 Å². The average Bonchev–Trinajstić information content (AvgIpc) is 2.54. The van der Waals surface area contributed by atoms with Crippen LogP contribution >= 0.6 is 11.6 Å². The summed E-state index contributed by atoms with van der Waals surface area (Å²) in [6.07, 6.45) is -5.08. The van der Waals surface area contributed by atoms with E-state index in [0.717, 1.165) is 18.2 Å². The quantitative estimate of drug-likeness (QED) is 0.818. The minimum absolute atomic E-state index is 0.125. The Bertz CT molecular complexity index is 857. The Kier molecular flexibility index (Phi) is 5.48. The molecule has 2 N–H and O–H groups in total. The lowest BCUT2D eigenvalue weighted by atomic mass is 9.93. The van der Waals surface area contributed by atoms with Gasteiger partial charge in [-0.15, -0.1) is 0 Å². The fourth-order valence-electron chi connectivity index (χ4n) is 2.22. The standard InChI is InChI=1S/C16H15ClF3NO3S/c1-11-7-8-13(17)9-14(11)25(23,24)21-10-15(22,16(18,19)20)12-5-3-2-4-6-12/h2-9,21-22H,10H2,1H3. The molecule has 1 atom stereocenters. The molecule has 0 aromatic heterocycles. The third kappa shape index (κ3) is 4.14. The molecule has 0 aliphatic rings. The number of rotatable bonds is 5. The molecule has 0 saturated heterocycles. The van der Waals surface area contributed by atoms with Gasteiger partial charge in [-0.05, 0) is 30.2 Å². The second-order valence-corrected chi connectivity index (χ2v) is 7.63. The summed E-state index contributed by atoms with van der Waals surface area (Å²) in [5.74, 6) is 0. The smallest absolute Gasteiger partial charge is 0.375 e. The molecule has 0 spiro atoms. The van der Waals surface area contributed by atoms with Crippen molar-refractivity contribution in [2.24, 2.45) is 0 Å². The number of hydrogen-bond acceptors (Lipinski definition) is 3. The van der Waals surface area contributed by atoms with Crippen LogP contribution in [-0.4, -0.2) is 26.2 Å². The monoisotopic (exact) mass is 393 g/mol. The molecule has 1 unspecified atom stereocenters. The third-order valence-electron chi connectivity index (χ3n) is 3.68. The summed E-state index contributed by atoms with van der Waals surface area (Å²) in [6.45, 7) is 0.215. The maximum absolute atomic E-state index is 13.4. The van der Waals surface area contributed by atoms with E-state index in [-0.39, 0.29) is 9.92 Å². The number of halogens is 4. The molecule has 4 nitrogen and oxygen atoms in total. The minimum atomic E-state index is -5.08. The lowest BCUT2D eigenvalue weighted by molar-refractivity contribution is -0.263. The van der Waals surface area contributed by atoms with E-state index >= 15 is 0 Å². The van der Waals surface area contributed by atoms with Gasteiger partial charge < -0.3 is 5.11 Å². The predicted octanol–water partition coefficient (Wildman–Crippen LogP) is 3.38. The SMILES string of the molecule is Cc1ccc(Cl)cc1S(=O)(=O)NCC(O)(c1ccccc1)C(F)(F)F. The summed E-state index contributed by atoms with van der Waals surface area (Å²) >= 11 is 5.76. The number of aryl methyl sites for hydroxylation is 1. The Labute approximate surface area is 148 Å². The fourth-order valence-corrected chi connectivity index (χ4v) is 3.79. The molecule has 9 heteroatoms. The third-order valence-corrected chi connectivity index (χ3v) is 5.46. The van der Waals surface area contributed by atoms with Crippen molar-refractivity contribution >= 4 is 21.6 Å². The van der Waals surface area contributed by atoms with Gasteiger partial charge >= 0.3 is 6.18 Å². The van der Waals surface area contributed by atoms with Crippen molar-refractivity contribution in [2.45, 2.75) is 23.6 Å². The second kappa shape index (κ2) is 6.95. The molecule has 0 aliphatic heterocycles. The predicted molar refractivity (Wildman–Crippen MR) is 87.8 cm³/mol. The number of benzene rings is 2. The summed E-state index contributed by atoms with van der Waals surface area (Å²) < 4.78 is 66.8. The van der Waals surface area contributed by atoms with Gasteiger partial charge in [-0.2, -0.15) is 13.2 Å². The zero-order valence-electron chi connectivity index (χ0n) is 13.0. The number of nitrogens with one attached hydrogen (secondary N) is 1. The number of aliphatic hydroxyl groups is 1. The van der Waals surface area contributed by atoms with Gasteiger partial charge in [0.1, 0.15) is 0 Å². The Morgan fingerprint density at radius 2 is 1.72 bits per heavy atom. The molecule has 0 aliphatic carbocycles. The van der Waals surface area contributed by atoms with Gasteiger partial charge in [0.15, 0.2) is 5.60 Å². The van der Waals surface area contributed by atoms with Gasteiger partial charge in [0.25, 0.3) is 0 Å². The van der Waals surface area contributed by atoms with Gasteiger partial charge in [0, 0.05) is 5.02 Å². The van der Waals surface area contributed by atoms with E-state index in [0.29, 0.717) is 5.56 Å². The van der Waals surface area contributed by atoms with Crippen molar-refractivity contribution in [3.8, 4) is 0 Å². The molecular weight excluding hydrogens is 379 g/mol. The summed E-state index contributed by atoms with van der Waals surface area (Å²) in [5, 5.41) is 10.3. The molecule has 2 rings (SSSR count). The van der Waals surface area contributed by atoms with E-state index in [9.17, 15) is 26.7 Å². The first-order valence-electron chi connectivity index (χ1n) is 7.08. The lowest BCUT2D eigenvalue weighted by Gasteiger charge is -2.31. The second-order valence-electron chi connectivity index (χ2n) is 5.46. The van der Waals surface area contributed by atoms with E-state index in [1.165, 1.54) is 37.3 Å². The Morgan fingerprint density at radius 1 is 1.12 bits per heavy atom. The fraction of sp³-hybridized carbons (Fsp3) is 0.250. The van der Waals surface area contributed by atoms with E-state index in [4.69, 9.17) is 11.6 Å². The number of sulfonamides is 1. The van der Waals surface area contributed by atoms with Gasteiger partial charge in [0.05, 0.1) is 11.4 Å². The van der Waals surface area contributed by atoms with Crippen LogP contribution in [0.4, 0.5) is 13.2 Å². The molecule has 2 aromatic carbocycles. The largest absolute Gasteiger partial charge is 0.422 e. The van der Waals surface area contributed by atoms with Crippen molar-refractivity contribution < 1.29 is 26.7 Å². The molecular formula is C16H15ClF3NO3S. The van der Waals surface area contributed by atoms with Gasteiger partial charge in [0.2, 0.25) is 10.0 Å². The molecule has 0 saturated carbocycles. The topological polar surface area (TPSA) is 66.4 Å². The summed E-state index contributed by atoms with van der Waals surface area (Å²) in [4.78, 5) is -0.252. The summed E-state index contributed by atoms with van der Waals surface area (Å²) in [5.41, 5.74) is -3.52. The van der Waals surface area contributed by atoms with Gasteiger partial charge in [-0.3, -0.25) is 0 Å². The average molecular weight is 394 g/mol. The van der Waals surface area contributed by atoms with Crippen LogP contribution in [0.15, 0.2) is 53.4 Å². The highest BCUT2D eigenvalue weighted by Gasteiger charge is 2.55. The van der Waals surface area contributed by atoms with E-state index < -0.39 is 33.9 Å². The zero-order chi connectivity index (χ0) is 18.9. The molecule has 0 fully saturated rings. The van der Waals surface area contributed by atoms with Crippen molar-refractivity contribution in [3.63, 3.8) is 0 Å². The molecule has 0 amide bonds. The first-order valence-corrected chi connectivity index (χ1v) is 8.94. The van der Waals surface area contributed by atoms with E-state index in [1.807, 2.05) is 4.72 Å². The first kappa shape index (κ1) is 19.7. The van der Waals surface area contributed by atoms with E-state index in [1.54, 1.807) is 0 Å². The molecule has 0 bridgehead atoms. The van der Waals surface area contributed by atoms with Crippen molar-refractivity contribution in [3.05, 3.63) is 64.7 Å². The molecule has 0 heterocycles. The molecule has 25 heavy (non-hydrogen) atoms. The summed E-state index contributed by atoms with van der Waals surface area (Å²) in [6, 6.07) is 10.3. The lowest BCUT2D eigenvalue weighted by Crippen LogP contribution is -2.51. The Hall–Kier alpha value is -1.61. The Balaban J connectivity index is 2.37. The van der Waals surface area contributed by atoms with Crippen LogP contribution in [0.3, 0.4) is 0 Å². The van der Waals surface area contributed by atoms with Crippen LogP contribution in [-0.2, 0) is 15.6 Å².